The fourth-order valence-electron chi connectivity index (χ4n) is 4.08. The van der Waals surface area contributed by atoms with Gasteiger partial charge in [-0.1, -0.05) is 13.0 Å². The molecule has 0 aliphatic heterocycles. The molecular formula is C27H25F6N5. The Kier molecular flexibility index (Phi) is 7.59. The van der Waals surface area contributed by atoms with Crippen LogP contribution in [0.25, 0.3) is 22.2 Å². The first-order valence-electron chi connectivity index (χ1n) is 11.9. The molecule has 2 heterocycles. The van der Waals surface area contributed by atoms with Crippen LogP contribution in [-0.2, 0) is 18.9 Å². The molecule has 4 aromatic rings. The number of hydrogen-bond donors (Lipinski definition) is 1. The molecule has 0 saturated carbocycles. The van der Waals surface area contributed by atoms with Crippen LogP contribution in [0.3, 0.4) is 0 Å². The number of anilines is 2. The van der Waals surface area contributed by atoms with Crippen molar-refractivity contribution in [2.75, 3.05) is 11.9 Å². The molecule has 0 aliphatic rings. The number of pyridine rings is 1. The number of hydrogen-bond acceptors (Lipinski definition) is 5. The zero-order valence-electron chi connectivity index (χ0n) is 20.8. The van der Waals surface area contributed by atoms with Crippen molar-refractivity contribution in [3.05, 3.63) is 77.7 Å². The van der Waals surface area contributed by atoms with E-state index >= 15 is 0 Å². The topological polar surface area (TPSA) is 53.9 Å². The third-order valence-electron chi connectivity index (χ3n) is 6.09. The van der Waals surface area contributed by atoms with E-state index in [2.05, 4.69) is 25.2 Å². The number of alkyl halides is 6. The monoisotopic (exact) mass is 533 g/mol. The molecule has 200 valence electrons. The SMILES string of the molecule is CCN(Cc1nc(Nc2ccc(C(F)(F)F)cc2)c2ccc(-c3ncccc3C(F)(F)F)cc2n1)C(C)C. The van der Waals surface area contributed by atoms with Gasteiger partial charge in [-0.3, -0.25) is 9.88 Å². The van der Waals surface area contributed by atoms with Crippen LogP contribution in [0, 0.1) is 0 Å². The minimum atomic E-state index is -4.59. The van der Waals surface area contributed by atoms with Crippen LogP contribution in [0.2, 0.25) is 0 Å². The Hall–Kier alpha value is -3.73. The van der Waals surface area contributed by atoms with Crippen LogP contribution in [0.1, 0.15) is 37.7 Å². The average molecular weight is 534 g/mol. The van der Waals surface area contributed by atoms with Gasteiger partial charge in [0.05, 0.1) is 28.9 Å². The maximum absolute atomic E-state index is 13.6. The van der Waals surface area contributed by atoms with Crippen molar-refractivity contribution in [3.8, 4) is 11.3 Å². The minimum absolute atomic E-state index is 0.180. The van der Waals surface area contributed by atoms with Gasteiger partial charge >= 0.3 is 12.4 Å². The summed E-state index contributed by atoms with van der Waals surface area (Å²) in [7, 11) is 0. The van der Waals surface area contributed by atoms with Crippen LogP contribution in [0.5, 0.6) is 0 Å². The zero-order valence-corrected chi connectivity index (χ0v) is 20.8. The maximum atomic E-state index is 13.6. The molecule has 0 atom stereocenters. The Morgan fingerprint density at radius 2 is 1.61 bits per heavy atom. The highest BCUT2D eigenvalue weighted by Gasteiger charge is 2.34. The van der Waals surface area contributed by atoms with Gasteiger partial charge in [0.1, 0.15) is 11.6 Å². The van der Waals surface area contributed by atoms with Gasteiger partial charge in [0.15, 0.2) is 0 Å². The third kappa shape index (κ3) is 6.04. The first-order valence-corrected chi connectivity index (χ1v) is 11.9. The van der Waals surface area contributed by atoms with Crippen molar-refractivity contribution in [2.45, 2.75) is 45.7 Å². The van der Waals surface area contributed by atoms with Crippen LogP contribution >= 0.6 is 0 Å². The smallest absolute Gasteiger partial charge is 0.340 e. The van der Waals surface area contributed by atoms with E-state index in [0.29, 0.717) is 41.3 Å². The number of nitrogens with zero attached hydrogens (tertiary/aromatic N) is 4. The van der Waals surface area contributed by atoms with Crippen molar-refractivity contribution in [1.82, 2.24) is 19.9 Å². The van der Waals surface area contributed by atoms with E-state index in [1.54, 1.807) is 6.07 Å². The van der Waals surface area contributed by atoms with Gasteiger partial charge < -0.3 is 5.32 Å². The molecule has 38 heavy (non-hydrogen) atoms. The van der Waals surface area contributed by atoms with E-state index in [9.17, 15) is 26.3 Å². The van der Waals surface area contributed by atoms with Gasteiger partial charge in [-0.05, 0) is 68.9 Å². The predicted molar refractivity (Wildman–Crippen MR) is 134 cm³/mol. The normalized spacial score (nSPS) is 12.5. The molecule has 0 amide bonds. The first kappa shape index (κ1) is 27.3. The Balaban J connectivity index is 1.82. The molecule has 0 fully saturated rings. The van der Waals surface area contributed by atoms with E-state index in [4.69, 9.17) is 0 Å². The van der Waals surface area contributed by atoms with Crippen molar-refractivity contribution < 1.29 is 26.3 Å². The average Bonchev–Trinajstić information content (AvgIpc) is 2.86. The molecule has 0 bridgehead atoms. The Morgan fingerprint density at radius 3 is 2.21 bits per heavy atom. The van der Waals surface area contributed by atoms with Crippen molar-refractivity contribution in [3.63, 3.8) is 0 Å². The fourth-order valence-corrected chi connectivity index (χ4v) is 4.08. The molecule has 2 aromatic carbocycles. The highest BCUT2D eigenvalue weighted by molar-refractivity contribution is 5.93. The second kappa shape index (κ2) is 10.6. The second-order valence-corrected chi connectivity index (χ2v) is 8.97. The molecule has 11 heteroatoms. The number of benzene rings is 2. The maximum Gasteiger partial charge on any atom is 0.418 e. The lowest BCUT2D eigenvalue weighted by Gasteiger charge is -2.24. The lowest BCUT2D eigenvalue weighted by molar-refractivity contribution is -0.138. The van der Waals surface area contributed by atoms with E-state index in [1.807, 2.05) is 20.8 Å². The Labute approximate surface area is 215 Å². The van der Waals surface area contributed by atoms with Crippen molar-refractivity contribution in [2.24, 2.45) is 0 Å². The number of fused-ring (bicyclic) bond motifs is 1. The number of rotatable bonds is 7. The summed E-state index contributed by atoms with van der Waals surface area (Å²) in [5.74, 6) is 0.741. The fraction of sp³-hybridized carbons (Fsp3) is 0.296. The van der Waals surface area contributed by atoms with Gasteiger partial charge in [0.2, 0.25) is 0 Å². The number of aromatic nitrogens is 3. The summed E-state index contributed by atoms with van der Waals surface area (Å²) in [5.41, 5.74) is -0.904. The van der Waals surface area contributed by atoms with E-state index < -0.39 is 23.5 Å². The molecule has 2 aromatic heterocycles. The van der Waals surface area contributed by atoms with E-state index in [0.717, 1.165) is 18.2 Å². The molecule has 5 nitrogen and oxygen atoms in total. The highest BCUT2D eigenvalue weighted by atomic mass is 19.4. The lowest BCUT2D eigenvalue weighted by Crippen LogP contribution is -2.30. The van der Waals surface area contributed by atoms with E-state index in [1.165, 1.54) is 36.5 Å². The Morgan fingerprint density at radius 1 is 0.895 bits per heavy atom. The summed E-state index contributed by atoms with van der Waals surface area (Å²) >= 11 is 0. The molecule has 0 spiro atoms. The van der Waals surface area contributed by atoms with Crippen LogP contribution < -0.4 is 5.32 Å². The van der Waals surface area contributed by atoms with Crippen LogP contribution in [-0.4, -0.2) is 32.4 Å². The summed E-state index contributed by atoms with van der Waals surface area (Å²) < 4.78 is 79.8. The molecule has 4 rings (SSSR count). The van der Waals surface area contributed by atoms with Gasteiger partial charge in [-0.15, -0.1) is 0 Å². The largest absolute Gasteiger partial charge is 0.418 e. The summed E-state index contributed by atoms with van der Waals surface area (Å²) in [6.07, 6.45) is -7.77. The van der Waals surface area contributed by atoms with Gasteiger partial charge in [-0.2, -0.15) is 26.3 Å². The van der Waals surface area contributed by atoms with E-state index in [-0.39, 0.29) is 17.3 Å². The number of halogens is 6. The number of nitrogens with one attached hydrogen (secondary N) is 1. The molecule has 0 saturated heterocycles. The Bertz CT molecular complexity index is 1410. The molecule has 0 unspecified atom stereocenters. The van der Waals surface area contributed by atoms with Gasteiger partial charge in [0.25, 0.3) is 0 Å². The highest BCUT2D eigenvalue weighted by Crippen LogP contribution is 2.37. The zero-order chi connectivity index (χ0) is 27.7. The molecule has 0 radical (unpaired) electrons. The van der Waals surface area contributed by atoms with Crippen molar-refractivity contribution >= 4 is 22.4 Å². The second-order valence-electron chi connectivity index (χ2n) is 8.97. The van der Waals surface area contributed by atoms with Crippen LogP contribution in [0.15, 0.2) is 60.8 Å². The standard InChI is InChI=1S/C27H25F6N5/c1-4-38(16(2)3)15-23-36-22-14-17(24-21(27(31,32)33)6-5-13-34-24)7-12-20(22)25(37-23)35-19-10-8-18(9-11-19)26(28,29)30/h5-14,16H,4,15H2,1-3H3,(H,35,36,37). The lowest BCUT2D eigenvalue weighted by atomic mass is 10.0. The summed E-state index contributed by atoms with van der Waals surface area (Å²) in [6.45, 7) is 7.10. The summed E-state index contributed by atoms with van der Waals surface area (Å²) in [6, 6.07) is 11.5. The van der Waals surface area contributed by atoms with Crippen LogP contribution in [0.4, 0.5) is 37.8 Å². The predicted octanol–water partition coefficient (Wildman–Crippen LogP) is 7.70. The molecule has 0 aliphatic carbocycles. The minimum Gasteiger partial charge on any atom is -0.340 e. The third-order valence-corrected chi connectivity index (χ3v) is 6.09. The summed E-state index contributed by atoms with van der Waals surface area (Å²) in [4.78, 5) is 15.3. The quantitative estimate of drug-likeness (QED) is 0.247. The van der Waals surface area contributed by atoms with Gasteiger partial charge in [0, 0.05) is 28.9 Å². The van der Waals surface area contributed by atoms with Gasteiger partial charge in [-0.25, -0.2) is 9.97 Å². The summed E-state index contributed by atoms with van der Waals surface area (Å²) in [5, 5.41) is 3.54. The molecule has 1 N–H and O–H groups in total. The first-order chi connectivity index (χ1) is 17.9. The molecular weight excluding hydrogens is 508 g/mol. The van der Waals surface area contributed by atoms with Crippen molar-refractivity contribution in [1.29, 1.82) is 0 Å².